The van der Waals surface area contributed by atoms with Gasteiger partial charge >= 0.3 is 19.8 Å². The van der Waals surface area contributed by atoms with Gasteiger partial charge < -0.3 is 45.6 Å². The van der Waals surface area contributed by atoms with Crippen molar-refractivity contribution in [3.05, 3.63) is 0 Å². The Morgan fingerprint density at radius 1 is 0.625 bits per heavy atom. The first-order valence-corrected chi connectivity index (χ1v) is 19.5. The molecule has 8 N–H and O–H groups in total. The average molecular weight is 714 g/mol. The highest BCUT2D eigenvalue weighted by atomic mass is 31.2. The molecule has 0 saturated heterocycles. The molecule has 8 atom stereocenters. The zero-order chi connectivity index (χ0) is 35.8. The third-order valence-electron chi connectivity index (χ3n) is 8.55. The van der Waals surface area contributed by atoms with Gasteiger partial charge in [0.25, 0.3) is 0 Å². The maximum Gasteiger partial charge on any atom is 0.472 e. The fourth-order valence-electron chi connectivity index (χ4n) is 5.53. The summed E-state index contributed by atoms with van der Waals surface area (Å²) in [5, 5.41) is 49.6. The number of hydrogen-bond acceptors (Lipinski definition) is 13. The number of aliphatic hydroxyl groups is 5. The third-order valence-corrected chi connectivity index (χ3v) is 9.53. The summed E-state index contributed by atoms with van der Waals surface area (Å²) < 4.78 is 32.9. The van der Waals surface area contributed by atoms with Gasteiger partial charge in [-0.05, 0) is 25.8 Å². The van der Waals surface area contributed by atoms with Gasteiger partial charge in [-0.1, -0.05) is 103 Å². The van der Waals surface area contributed by atoms with Gasteiger partial charge in [0, 0.05) is 12.8 Å². The van der Waals surface area contributed by atoms with Crippen molar-refractivity contribution in [3.63, 3.8) is 0 Å². The fraction of sp³-hybridized carbons (Fsp3) is 0.939. The maximum atomic E-state index is 12.6. The lowest BCUT2D eigenvalue weighted by molar-refractivity contribution is -0.220. The molecule has 48 heavy (non-hydrogen) atoms. The van der Waals surface area contributed by atoms with Crippen LogP contribution in [-0.4, -0.2) is 105 Å². The first kappa shape index (κ1) is 44.8. The molecule has 14 nitrogen and oxygen atoms in total. The van der Waals surface area contributed by atoms with E-state index in [1.807, 2.05) is 0 Å². The van der Waals surface area contributed by atoms with Gasteiger partial charge in [0.15, 0.2) is 6.10 Å². The Balaban J connectivity index is 2.46. The molecule has 0 aromatic heterocycles. The second kappa shape index (κ2) is 26.6. The number of nitrogens with two attached hydrogens (primary N) is 1. The molecule has 1 saturated carbocycles. The highest BCUT2D eigenvalue weighted by Gasteiger charge is 2.51. The molecule has 0 heterocycles. The molecule has 0 amide bonds. The van der Waals surface area contributed by atoms with Crippen molar-refractivity contribution >= 4 is 19.8 Å². The predicted octanol–water partition coefficient (Wildman–Crippen LogP) is 3.54. The molecule has 1 aliphatic rings. The minimum Gasteiger partial charge on any atom is -0.462 e. The van der Waals surface area contributed by atoms with E-state index in [1.54, 1.807) is 0 Å². The van der Waals surface area contributed by atoms with Crippen molar-refractivity contribution in [3.8, 4) is 0 Å². The van der Waals surface area contributed by atoms with E-state index in [-0.39, 0.29) is 12.8 Å². The number of hydrogen-bond donors (Lipinski definition) is 7. The lowest BCUT2D eigenvalue weighted by Gasteiger charge is -2.41. The van der Waals surface area contributed by atoms with Crippen molar-refractivity contribution in [1.29, 1.82) is 0 Å². The van der Waals surface area contributed by atoms with E-state index in [0.29, 0.717) is 19.4 Å². The van der Waals surface area contributed by atoms with Crippen LogP contribution in [0.2, 0.25) is 0 Å². The molecule has 1 rings (SSSR count). The summed E-state index contributed by atoms with van der Waals surface area (Å²) in [6.07, 6.45) is 6.72. The number of ether oxygens (including phenoxy) is 2. The normalized spacial score (nSPS) is 24.6. The van der Waals surface area contributed by atoms with Crippen molar-refractivity contribution in [1.82, 2.24) is 0 Å². The van der Waals surface area contributed by atoms with Gasteiger partial charge in [-0.15, -0.1) is 0 Å². The molecule has 15 heteroatoms. The van der Waals surface area contributed by atoms with E-state index < -0.39 is 75.7 Å². The van der Waals surface area contributed by atoms with Crippen LogP contribution in [0.1, 0.15) is 135 Å². The Bertz CT molecular complexity index is 882. The highest BCUT2D eigenvalue weighted by Crippen LogP contribution is 2.47. The second-order valence-electron chi connectivity index (χ2n) is 12.9. The fourth-order valence-corrected chi connectivity index (χ4v) is 6.51. The molecule has 0 bridgehead atoms. The van der Waals surface area contributed by atoms with Crippen LogP contribution < -0.4 is 5.73 Å². The zero-order valence-electron chi connectivity index (χ0n) is 28.9. The average Bonchev–Trinajstić information content (AvgIpc) is 3.06. The van der Waals surface area contributed by atoms with E-state index >= 15 is 0 Å². The zero-order valence-corrected chi connectivity index (χ0v) is 29.8. The van der Waals surface area contributed by atoms with Crippen LogP contribution in [0.25, 0.3) is 0 Å². The number of aliphatic hydroxyl groups excluding tert-OH is 5. The summed E-state index contributed by atoms with van der Waals surface area (Å²) in [7, 11) is -5.10. The number of unbranched alkanes of at least 4 members (excludes halogenated alkanes) is 16. The van der Waals surface area contributed by atoms with Crippen LogP contribution in [0.15, 0.2) is 0 Å². The summed E-state index contributed by atoms with van der Waals surface area (Å²) in [5.74, 6) is -1.17. The van der Waals surface area contributed by atoms with Crippen LogP contribution in [0.4, 0.5) is 0 Å². The van der Waals surface area contributed by atoms with Crippen molar-refractivity contribution in [2.45, 2.75) is 178 Å². The topological polar surface area (TPSA) is 236 Å². The Kier molecular flexibility index (Phi) is 24.8. The minimum atomic E-state index is -5.10. The second-order valence-corrected chi connectivity index (χ2v) is 14.3. The molecule has 284 valence electrons. The van der Waals surface area contributed by atoms with Crippen LogP contribution in [0.5, 0.6) is 0 Å². The predicted molar refractivity (Wildman–Crippen MR) is 179 cm³/mol. The molecule has 0 spiro atoms. The SMILES string of the molecule is CCCCCCCCCCCCCCCCCC(=O)O[C@H](COC(=O)CCCCCN)COP(=O)(O)OC1[C@H](O)[C@H](O)C(O)[C@H](O)[C@H]1O. The van der Waals surface area contributed by atoms with Crippen LogP contribution >= 0.6 is 7.82 Å². The molecule has 1 aliphatic carbocycles. The number of esters is 2. The molecular weight excluding hydrogens is 649 g/mol. The van der Waals surface area contributed by atoms with Crippen LogP contribution in [0, 0.1) is 0 Å². The van der Waals surface area contributed by atoms with Crippen LogP contribution in [-0.2, 0) is 32.7 Å². The van der Waals surface area contributed by atoms with E-state index in [9.17, 15) is 44.6 Å². The van der Waals surface area contributed by atoms with Gasteiger partial charge in [0.1, 0.15) is 43.2 Å². The lowest BCUT2D eigenvalue weighted by Crippen LogP contribution is -2.64. The van der Waals surface area contributed by atoms with Gasteiger partial charge in [-0.2, -0.15) is 0 Å². The Labute approximate surface area is 286 Å². The lowest BCUT2D eigenvalue weighted by atomic mass is 9.85. The first-order chi connectivity index (χ1) is 22.9. The summed E-state index contributed by atoms with van der Waals surface area (Å²) in [5.41, 5.74) is 5.46. The van der Waals surface area contributed by atoms with Crippen molar-refractivity contribution < 1.29 is 63.1 Å². The standard InChI is InChI=1S/C33H64NO13P/c1-2-3-4-5-6-7-8-9-10-11-12-13-14-15-17-21-27(36)46-25(23-44-26(35)20-18-16-19-22-34)24-45-48(42,43)47-33-31(40)29(38)28(37)30(39)32(33)41/h25,28-33,37-41H,2-24,34H2,1H3,(H,42,43)/t25-,28?,29-,30+,31-,32-,33?/m1/s1. The Morgan fingerprint density at radius 3 is 1.52 bits per heavy atom. The molecule has 0 aromatic carbocycles. The van der Waals surface area contributed by atoms with E-state index in [0.717, 1.165) is 38.5 Å². The van der Waals surface area contributed by atoms with Gasteiger partial charge in [-0.3, -0.25) is 18.6 Å². The summed E-state index contributed by atoms with van der Waals surface area (Å²) >= 11 is 0. The first-order valence-electron chi connectivity index (χ1n) is 18.0. The van der Waals surface area contributed by atoms with Crippen LogP contribution in [0.3, 0.4) is 0 Å². The van der Waals surface area contributed by atoms with Crippen molar-refractivity contribution in [2.24, 2.45) is 5.73 Å². The van der Waals surface area contributed by atoms with E-state index in [4.69, 9.17) is 24.3 Å². The van der Waals surface area contributed by atoms with Gasteiger partial charge in [0.05, 0.1) is 6.61 Å². The molecular formula is C33H64NO13P. The molecule has 0 aromatic rings. The largest absolute Gasteiger partial charge is 0.472 e. The number of carbonyl (C=O) groups excluding carboxylic acids is 2. The molecule has 3 unspecified atom stereocenters. The highest BCUT2D eigenvalue weighted by molar-refractivity contribution is 7.47. The van der Waals surface area contributed by atoms with Gasteiger partial charge in [0.2, 0.25) is 0 Å². The molecule has 0 aliphatic heterocycles. The smallest absolute Gasteiger partial charge is 0.462 e. The minimum absolute atomic E-state index is 0.0909. The monoisotopic (exact) mass is 713 g/mol. The molecule has 1 fully saturated rings. The Morgan fingerprint density at radius 2 is 1.04 bits per heavy atom. The molecule has 0 radical (unpaired) electrons. The number of rotatable bonds is 29. The van der Waals surface area contributed by atoms with Crippen molar-refractivity contribution in [2.75, 3.05) is 19.8 Å². The third kappa shape index (κ3) is 19.9. The van der Waals surface area contributed by atoms with E-state index in [1.165, 1.54) is 64.2 Å². The quantitative estimate of drug-likeness (QED) is 0.0334. The van der Waals surface area contributed by atoms with Gasteiger partial charge in [-0.25, -0.2) is 4.57 Å². The summed E-state index contributed by atoms with van der Waals surface area (Å²) in [6.45, 7) is 1.53. The van der Waals surface area contributed by atoms with E-state index in [2.05, 4.69) is 6.92 Å². The summed E-state index contributed by atoms with van der Waals surface area (Å²) in [4.78, 5) is 35.0. The maximum absolute atomic E-state index is 12.6. The summed E-state index contributed by atoms with van der Waals surface area (Å²) in [6, 6.07) is 0. The number of phosphoric acid groups is 1. The number of carbonyl (C=O) groups is 2. The Hall–Kier alpha value is -1.19. The number of phosphoric ester groups is 1.